The number of amides is 1. The van der Waals surface area contributed by atoms with E-state index in [1.807, 2.05) is 13.8 Å². The molecule has 1 aliphatic rings. The summed E-state index contributed by atoms with van der Waals surface area (Å²) in [6, 6.07) is 0. The number of fused-ring (bicyclic) bond motifs is 1. The number of carbonyl (C=O) groups is 2. The van der Waals surface area contributed by atoms with Gasteiger partial charge in [-0.25, -0.2) is 4.79 Å². The van der Waals surface area contributed by atoms with E-state index in [0.717, 1.165) is 31.2 Å². The minimum atomic E-state index is -0.342. The Hall–Kier alpha value is -1.07. The van der Waals surface area contributed by atoms with Gasteiger partial charge >= 0.3 is 5.97 Å². The Morgan fingerprint density at radius 3 is 2.71 bits per heavy atom. The molecule has 0 aromatic carbocycles. The fraction of sp³-hybridized carbons (Fsp3) is 0.600. The van der Waals surface area contributed by atoms with Gasteiger partial charge in [-0.15, -0.1) is 22.9 Å². The van der Waals surface area contributed by atoms with E-state index in [9.17, 15) is 9.59 Å². The molecule has 0 bridgehead atoms. The van der Waals surface area contributed by atoms with Gasteiger partial charge in [-0.05, 0) is 45.1 Å². The molecule has 4 nitrogen and oxygen atoms in total. The lowest BCUT2D eigenvalue weighted by molar-refractivity contribution is -0.115. The van der Waals surface area contributed by atoms with Crippen LogP contribution in [0, 0.1) is 0 Å². The molecule has 1 aromatic heterocycles. The van der Waals surface area contributed by atoms with E-state index >= 15 is 0 Å². The van der Waals surface area contributed by atoms with Crippen LogP contribution < -0.4 is 5.32 Å². The molecule has 116 valence electrons. The van der Waals surface area contributed by atoms with Crippen molar-refractivity contribution >= 4 is 39.8 Å². The molecule has 6 heteroatoms. The third-order valence-electron chi connectivity index (χ3n) is 3.29. The topological polar surface area (TPSA) is 55.4 Å². The summed E-state index contributed by atoms with van der Waals surface area (Å²) in [6.45, 7) is 3.64. The SMILES string of the molecule is CC(C)OC(=O)c1c(NC(=O)CCCl)sc2c1CCCC2. The van der Waals surface area contributed by atoms with Crippen LogP contribution in [-0.2, 0) is 22.4 Å². The average molecular weight is 330 g/mol. The summed E-state index contributed by atoms with van der Waals surface area (Å²) in [7, 11) is 0. The number of alkyl halides is 1. The summed E-state index contributed by atoms with van der Waals surface area (Å²) in [5.74, 6) is -0.240. The Labute approximate surface area is 133 Å². The maximum absolute atomic E-state index is 12.4. The monoisotopic (exact) mass is 329 g/mol. The first-order valence-corrected chi connectivity index (χ1v) is 8.59. The van der Waals surface area contributed by atoms with Gasteiger partial charge < -0.3 is 10.1 Å². The molecule has 0 aliphatic heterocycles. The molecule has 0 atom stereocenters. The second-order valence-corrected chi connectivity index (χ2v) is 6.84. The molecule has 1 amide bonds. The molecule has 1 N–H and O–H groups in total. The number of esters is 1. The Kier molecular flexibility index (Phi) is 5.65. The van der Waals surface area contributed by atoms with Crippen molar-refractivity contribution in [1.82, 2.24) is 0 Å². The number of thiophene rings is 1. The second-order valence-electron chi connectivity index (χ2n) is 5.36. The van der Waals surface area contributed by atoms with Gasteiger partial charge in [0.1, 0.15) is 5.00 Å². The lowest BCUT2D eigenvalue weighted by Crippen LogP contribution is -2.17. The molecule has 1 aliphatic carbocycles. The number of aryl methyl sites for hydroxylation is 1. The van der Waals surface area contributed by atoms with E-state index in [4.69, 9.17) is 16.3 Å². The molecular formula is C15H20ClNO3S. The van der Waals surface area contributed by atoms with Crippen molar-refractivity contribution in [3.8, 4) is 0 Å². The third kappa shape index (κ3) is 3.98. The van der Waals surface area contributed by atoms with E-state index in [1.165, 1.54) is 16.2 Å². The average Bonchev–Trinajstić information content (AvgIpc) is 2.75. The molecule has 0 saturated heterocycles. The molecule has 0 spiro atoms. The van der Waals surface area contributed by atoms with Crippen LogP contribution in [0.3, 0.4) is 0 Å². The molecule has 1 heterocycles. The van der Waals surface area contributed by atoms with E-state index < -0.39 is 0 Å². The van der Waals surface area contributed by atoms with Crippen LogP contribution in [0.25, 0.3) is 0 Å². The van der Waals surface area contributed by atoms with Crippen molar-refractivity contribution in [3.63, 3.8) is 0 Å². The van der Waals surface area contributed by atoms with Crippen LogP contribution in [-0.4, -0.2) is 23.9 Å². The van der Waals surface area contributed by atoms with Gasteiger partial charge in [0, 0.05) is 17.2 Å². The Bertz CT molecular complexity index is 539. The van der Waals surface area contributed by atoms with Crippen LogP contribution in [0.5, 0.6) is 0 Å². The van der Waals surface area contributed by atoms with Gasteiger partial charge in [0.15, 0.2) is 0 Å². The van der Waals surface area contributed by atoms with Crippen LogP contribution in [0.15, 0.2) is 0 Å². The fourth-order valence-electron chi connectivity index (χ4n) is 2.42. The highest BCUT2D eigenvalue weighted by atomic mass is 35.5. The lowest BCUT2D eigenvalue weighted by atomic mass is 9.95. The zero-order valence-corrected chi connectivity index (χ0v) is 13.9. The number of rotatable bonds is 5. The fourth-order valence-corrected chi connectivity index (χ4v) is 3.88. The van der Waals surface area contributed by atoms with Crippen molar-refractivity contribution in [2.24, 2.45) is 0 Å². The number of hydrogen-bond acceptors (Lipinski definition) is 4. The van der Waals surface area contributed by atoms with Crippen molar-refractivity contribution < 1.29 is 14.3 Å². The molecular weight excluding hydrogens is 310 g/mol. The van der Waals surface area contributed by atoms with Crippen molar-refractivity contribution in [3.05, 3.63) is 16.0 Å². The van der Waals surface area contributed by atoms with Gasteiger partial charge in [-0.1, -0.05) is 0 Å². The molecule has 2 rings (SSSR count). The highest BCUT2D eigenvalue weighted by Crippen LogP contribution is 2.38. The van der Waals surface area contributed by atoms with Gasteiger partial charge in [0.25, 0.3) is 0 Å². The summed E-state index contributed by atoms with van der Waals surface area (Å²) in [5, 5.41) is 3.43. The quantitative estimate of drug-likeness (QED) is 0.661. The first-order valence-electron chi connectivity index (χ1n) is 7.24. The summed E-state index contributed by atoms with van der Waals surface area (Å²) in [4.78, 5) is 25.3. The van der Waals surface area contributed by atoms with Gasteiger partial charge in [-0.3, -0.25) is 4.79 Å². The number of nitrogens with one attached hydrogen (secondary N) is 1. The van der Waals surface area contributed by atoms with Crippen molar-refractivity contribution in [1.29, 1.82) is 0 Å². The van der Waals surface area contributed by atoms with Crippen LogP contribution in [0.1, 0.15) is 53.9 Å². The van der Waals surface area contributed by atoms with E-state index in [1.54, 1.807) is 0 Å². The van der Waals surface area contributed by atoms with Gasteiger partial charge in [-0.2, -0.15) is 0 Å². The van der Waals surface area contributed by atoms with E-state index in [0.29, 0.717) is 10.6 Å². The highest BCUT2D eigenvalue weighted by Gasteiger charge is 2.27. The predicted octanol–water partition coefficient (Wildman–Crippen LogP) is 3.76. The maximum Gasteiger partial charge on any atom is 0.341 e. The van der Waals surface area contributed by atoms with Crippen LogP contribution in [0.4, 0.5) is 5.00 Å². The number of anilines is 1. The molecule has 0 unspecified atom stereocenters. The minimum absolute atomic E-state index is 0.165. The smallest absolute Gasteiger partial charge is 0.341 e. The summed E-state index contributed by atoms with van der Waals surface area (Å²) < 4.78 is 5.33. The van der Waals surface area contributed by atoms with Crippen LogP contribution >= 0.6 is 22.9 Å². The van der Waals surface area contributed by atoms with Gasteiger partial charge in [0.2, 0.25) is 5.91 Å². The van der Waals surface area contributed by atoms with Crippen molar-refractivity contribution in [2.45, 2.75) is 52.1 Å². The molecule has 0 radical (unpaired) electrons. The maximum atomic E-state index is 12.4. The summed E-state index contributed by atoms with van der Waals surface area (Å²) in [6.07, 6.45) is 4.10. The molecule has 21 heavy (non-hydrogen) atoms. The first kappa shape index (κ1) is 16.3. The predicted molar refractivity (Wildman–Crippen MR) is 85.5 cm³/mol. The summed E-state index contributed by atoms with van der Waals surface area (Å²) >= 11 is 7.08. The molecule has 0 saturated carbocycles. The minimum Gasteiger partial charge on any atom is -0.459 e. The summed E-state index contributed by atoms with van der Waals surface area (Å²) in [5.41, 5.74) is 1.60. The van der Waals surface area contributed by atoms with Crippen molar-refractivity contribution in [2.75, 3.05) is 11.2 Å². The Balaban J connectivity index is 2.32. The zero-order valence-electron chi connectivity index (χ0n) is 12.3. The molecule has 0 fully saturated rings. The number of ether oxygens (including phenoxy) is 1. The van der Waals surface area contributed by atoms with Crippen LogP contribution in [0.2, 0.25) is 0 Å². The highest BCUT2D eigenvalue weighted by molar-refractivity contribution is 7.17. The number of hydrogen-bond donors (Lipinski definition) is 1. The van der Waals surface area contributed by atoms with Gasteiger partial charge in [0.05, 0.1) is 11.7 Å². The normalized spacial score (nSPS) is 13.9. The second kappa shape index (κ2) is 7.27. The largest absolute Gasteiger partial charge is 0.459 e. The Morgan fingerprint density at radius 2 is 2.05 bits per heavy atom. The molecule has 1 aromatic rings. The lowest BCUT2D eigenvalue weighted by Gasteiger charge is -2.14. The van der Waals surface area contributed by atoms with E-state index in [-0.39, 0.29) is 30.3 Å². The Morgan fingerprint density at radius 1 is 1.33 bits per heavy atom. The first-order chi connectivity index (χ1) is 10.0. The zero-order chi connectivity index (χ0) is 15.4. The third-order valence-corrected chi connectivity index (χ3v) is 4.69. The standard InChI is InChI=1S/C15H20ClNO3S/c1-9(2)20-15(19)13-10-5-3-4-6-11(10)21-14(13)17-12(18)7-8-16/h9H,3-8H2,1-2H3,(H,17,18). The number of halogens is 1. The number of carbonyl (C=O) groups excluding carboxylic acids is 2. The van der Waals surface area contributed by atoms with E-state index in [2.05, 4.69) is 5.32 Å².